The Morgan fingerprint density at radius 1 is 0.302 bits per heavy atom. The fourth-order valence-electron chi connectivity index (χ4n) is 7.62. The van der Waals surface area contributed by atoms with Gasteiger partial charge in [0.2, 0.25) is 0 Å². The van der Waals surface area contributed by atoms with E-state index in [0.717, 1.165) is 60.4 Å². The largest absolute Gasteiger partial charge is 0.456 e. The van der Waals surface area contributed by atoms with Crippen LogP contribution in [0, 0.1) is 0 Å². The number of hydrogen-bond acceptors (Lipinski definition) is 1. The Kier molecular flexibility index (Phi) is 4.36. The average molecular weight is 686 g/mol. The molecule has 0 aliphatic heterocycles. The van der Waals surface area contributed by atoms with Crippen LogP contribution in [0.5, 0.6) is 0 Å². The zero-order chi connectivity index (χ0) is 46.2. The van der Waals surface area contributed by atoms with Crippen LogP contribution in [0.1, 0.15) is 17.8 Å². The van der Waals surface area contributed by atoms with Crippen LogP contribution in [0.3, 0.4) is 0 Å². The van der Waals surface area contributed by atoms with Crippen LogP contribution in [0.2, 0.25) is 0 Å². The van der Waals surface area contributed by atoms with Crippen LogP contribution >= 0.6 is 0 Å². The molecule has 0 saturated heterocycles. The Hall–Kier alpha value is -6.96. The first-order chi connectivity index (χ1) is 31.6. The molecule has 1 aromatic heterocycles. The molecular formula is C52H32O. The number of furan rings is 1. The third-order valence-electron chi connectivity index (χ3n) is 10.1. The predicted molar refractivity (Wildman–Crippen MR) is 225 cm³/mol. The molecule has 0 amide bonds. The minimum atomic E-state index is -0.712. The smallest absolute Gasteiger partial charge is 0.136 e. The first-order valence-corrected chi connectivity index (χ1v) is 17.2. The van der Waals surface area contributed by atoms with Gasteiger partial charge in [-0.1, -0.05) is 151 Å². The lowest BCUT2D eigenvalue weighted by molar-refractivity contribution is 0.669. The van der Waals surface area contributed by atoms with Crippen molar-refractivity contribution >= 4 is 65.0 Å². The molecule has 0 aliphatic rings. The Labute approximate surface area is 325 Å². The molecule has 11 rings (SSSR count). The molecule has 1 heterocycles. The molecule has 11 aromatic rings. The van der Waals surface area contributed by atoms with Gasteiger partial charge in [0.05, 0.1) is 17.8 Å². The number of benzene rings is 10. The van der Waals surface area contributed by atoms with Crippen molar-refractivity contribution in [1.82, 2.24) is 0 Å². The number of fused-ring (bicyclic) bond motifs is 7. The molecule has 0 N–H and O–H groups in total. The van der Waals surface area contributed by atoms with Crippen LogP contribution in [-0.4, -0.2) is 0 Å². The van der Waals surface area contributed by atoms with Gasteiger partial charge in [-0.3, -0.25) is 0 Å². The summed E-state index contributed by atoms with van der Waals surface area (Å²) in [5.41, 5.74) is 5.24. The first-order valence-electron chi connectivity index (χ1n) is 23.7. The molecule has 0 unspecified atom stereocenters. The fraction of sp³-hybridized carbons (Fsp3) is 0. The first kappa shape index (κ1) is 19.6. The molecule has 10 aromatic carbocycles. The zero-order valence-corrected chi connectivity index (χ0v) is 27.9. The highest BCUT2D eigenvalue weighted by atomic mass is 16.3. The molecule has 1 nitrogen and oxygen atoms in total. The maximum Gasteiger partial charge on any atom is 0.136 e. The van der Waals surface area contributed by atoms with Crippen molar-refractivity contribution in [2.24, 2.45) is 0 Å². The molecular weight excluding hydrogens is 641 g/mol. The summed E-state index contributed by atoms with van der Waals surface area (Å²) in [5, 5.41) is 5.10. The Bertz CT molecular complexity index is 3880. The van der Waals surface area contributed by atoms with Crippen LogP contribution in [-0.2, 0) is 0 Å². The summed E-state index contributed by atoms with van der Waals surface area (Å²) < 4.78 is 121. The highest BCUT2D eigenvalue weighted by molar-refractivity contribution is 6.21. The second-order valence-corrected chi connectivity index (χ2v) is 13.1. The van der Waals surface area contributed by atoms with Crippen LogP contribution in [0.25, 0.3) is 110 Å². The van der Waals surface area contributed by atoms with Gasteiger partial charge in [-0.05, 0) is 130 Å². The molecule has 0 saturated carbocycles. The average Bonchev–Trinajstić information content (AvgIpc) is 3.71. The molecule has 0 aliphatic carbocycles. The van der Waals surface area contributed by atoms with E-state index in [2.05, 4.69) is 54.6 Å². The SMILES string of the molecule is [2H]c1c([2H])c([2H])c(-c2c3c([2H])c([2H])c([2H])c([2H])c3c(-c3ccc4cc(-c5ccc6oc7cc(-c8ccc9ccccc9c8)ccc7c6c5)ccc4c3)c3c([2H])c([2H])c([2H])c([2H])c23)c([2H])c1[2H]. The van der Waals surface area contributed by atoms with Gasteiger partial charge < -0.3 is 4.42 Å². The summed E-state index contributed by atoms with van der Waals surface area (Å²) in [6, 6.07) is 30.0. The maximum atomic E-state index is 9.27. The molecule has 0 atom stereocenters. The van der Waals surface area contributed by atoms with Crippen molar-refractivity contribution in [3.05, 3.63) is 194 Å². The quantitative estimate of drug-likeness (QED) is 0.168. The van der Waals surface area contributed by atoms with Gasteiger partial charge in [0.1, 0.15) is 11.2 Å². The summed E-state index contributed by atoms with van der Waals surface area (Å²) in [7, 11) is 0. The lowest BCUT2D eigenvalue weighted by Crippen LogP contribution is -1.90. The molecule has 0 radical (unpaired) electrons. The van der Waals surface area contributed by atoms with E-state index in [1.807, 2.05) is 48.5 Å². The summed E-state index contributed by atoms with van der Waals surface area (Å²) in [6.07, 6.45) is 0. The third-order valence-corrected chi connectivity index (χ3v) is 10.1. The van der Waals surface area contributed by atoms with Gasteiger partial charge in [0, 0.05) is 10.8 Å². The van der Waals surface area contributed by atoms with Crippen molar-refractivity contribution in [3.63, 3.8) is 0 Å². The van der Waals surface area contributed by atoms with E-state index in [-0.39, 0.29) is 32.7 Å². The minimum Gasteiger partial charge on any atom is -0.456 e. The number of rotatable bonds is 4. The van der Waals surface area contributed by atoms with Gasteiger partial charge in [-0.2, -0.15) is 0 Å². The van der Waals surface area contributed by atoms with Crippen molar-refractivity contribution in [1.29, 1.82) is 0 Å². The molecule has 246 valence electrons. The zero-order valence-electron chi connectivity index (χ0n) is 40.9. The lowest BCUT2D eigenvalue weighted by atomic mass is 9.85. The van der Waals surface area contributed by atoms with Gasteiger partial charge in [-0.25, -0.2) is 0 Å². The highest BCUT2D eigenvalue weighted by Gasteiger charge is 2.17. The lowest BCUT2D eigenvalue weighted by Gasteiger charge is -2.18. The summed E-state index contributed by atoms with van der Waals surface area (Å²) >= 11 is 0. The van der Waals surface area contributed by atoms with Crippen molar-refractivity contribution in [3.8, 4) is 44.5 Å². The van der Waals surface area contributed by atoms with Gasteiger partial charge in [0.15, 0.2) is 0 Å². The van der Waals surface area contributed by atoms with E-state index in [1.54, 1.807) is 12.1 Å². The molecule has 53 heavy (non-hydrogen) atoms. The number of hydrogen-bond donors (Lipinski definition) is 0. The Morgan fingerprint density at radius 2 is 0.774 bits per heavy atom. The van der Waals surface area contributed by atoms with Gasteiger partial charge >= 0.3 is 0 Å². The van der Waals surface area contributed by atoms with E-state index in [0.29, 0.717) is 5.56 Å². The maximum absolute atomic E-state index is 9.27. The minimum absolute atomic E-state index is 0.0853. The summed E-state index contributed by atoms with van der Waals surface area (Å²) in [6.45, 7) is 0. The molecule has 0 spiro atoms. The van der Waals surface area contributed by atoms with E-state index >= 15 is 0 Å². The standard InChI is InChI=1S/C52H32O/c1-2-11-34(12-3-1)51-44-14-6-8-16-46(44)52(47-17-9-7-15-45(47)51)42-23-22-36-29-37(20-21-39(36)30-42)40-25-27-49-48(31-40)43-26-24-41(32-50(43)53-49)38-19-18-33-10-4-5-13-35(33)28-38/h1-32H/i1D,2D,3D,6D,7D,8D,9D,11D,12D,14D,15D,16D,17D. The molecule has 1 heteroatoms. The van der Waals surface area contributed by atoms with E-state index in [9.17, 15) is 5.48 Å². The van der Waals surface area contributed by atoms with E-state index in [4.69, 9.17) is 16.8 Å². The van der Waals surface area contributed by atoms with Crippen molar-refractivity contribution in [2.45, 2.75) is 0 Å². The van der Waals surface area contributed by atoms with Crippen LogP contribution in [0.4, 0.5) is 0 Å². The van der Waals surface area contributed by atoms with Crippen molar-refractivity contribution in [2.75, 3.05) is 0 Å². The summed E-state index contributed by atoms with van der Waals surface area (Å²) in [4.78, 5) is 0. The molecule has 0 fully saturated rings. The summed E-state index contributed by atoms with van der Waals surface area (Å²) in [5.74, 6) is 0. The van der Waals surface area contributed by atoms with Gasteiger partial charge in [-0.15, -0.1) is 0 Å². The van der Waals surface area contributed by atoms with E-state index in [1.165, 1.54) is 5.39 Å². The van der Waals surface area contributed by atoms with Crippen molar-refractivity contribution < 1.29 is 22.2 Å². The predicted octanol–water partition coefficient (Wildman–Crippen LogP) is 14.9. The highest BCUT2D eigenvalue weighted by Crippen LogP contribution is 2.44. The molecule has 0 bridgehead atoms. The second-order valence-electron chi connectivity index (χ2n) is 13.1. The van der Waals surface area contributed by atoms with Crippen LogP contribution < -0.4 is 0 Å². The Morgan fingerprint density at radius 3 is 1.45 bits per heavy atom. The van der Waals surface area contributed by atoms with E-state index < -0.39 is 84.1 Å². The van der Waals surface area contributed by atoms with Gasteiger partial charge in [0.25, 0.3) is 0 Å². The Balaban J connectivity index is 1.09. The normalized spacial score (nSPS) is 15.2. The topological polar surface area (TPSA) is 13.1 Å². The van der Waals surface area contributed by atoms with Crippen LogP contribution in [0.15, 0.2) is 198 Å². The third kappa shape index (κ3) is 4.86. The monoisotopic (exact) mass is 685 g/mol. The fourth-order valence-corrected chi connectivity index (χ4v) is 7.62. The second kappa shape index (κ2) is 11.8.